The summed E-state index contributed by atoms with van der Waals surface area (Å²) in [6.07, 6.45) is 4.57. The Labute approximate surface area is 219 Å². The first-order valence-corrected chi connectivity index (χ1v) is 12.9. The van der Waals surface area contributed by atoms with E-state index in [1.54, 1.807) is 30.3 Å². The zero-order valence-corrected chi connectivity index (χ0v) is 21.3. The number of hydrogen-bond acceptors (Lipinski definition) is 1. The van der Waals surface area contributed by atoms with Gasteiger partial charge in [-0.25, -0.2) is 8.78 Å². The molecular formula is C30H26Cl2F3N. The van der Waals surface area contributed by atoms with Crippen LogP contribution in [0.3, 0.4) is 0 Å². The van der Waals surface area contributed by atoms with Crippen LogP contribution < -0.4 is 0 Å². The van der Waals surface area contributed by atoms with Crippen LogP contribution in [0, 0.1) is 11.6 Å². The lowest BCUT2D eigenvalue weighted by Gasteiger charge is -2.33. The normalized spacial score (nSPS) is 16.0. The molecule has 0 radical (unpaired) electrons. The Bertz CT molecular complexity index is 1350. The molecule has 5 rings (SSSR count). The summed E-state index contributed by atoms with van der Waals surface area (Å²) in [6, 6.07) is 16.5. The standard InChI is InChI=1S/C30H26Cl2F3N/c31-22-10-12-24(27(32)16-22)25-8-3-6-20-5-1-2-7-23(20)28(25)26-11-9-21(29(34)30(26)35)15-19-17-36(18-19)14-4-13-33/h1-2,5,7,9-12,15-16H,3-4,6,8,13-14,17-18H2. The molecule has 0 unspecified atom stereocenters. The predicted molar refractivity (Wildman–Crippen MR) is 143 cm³/mol. The summed E-state index contributed by atoms with van der Waals surface area (Å²) in [7, 11) is 0. The van der Waals surface area contributed by atoms with Gasteiger partial charge in [-0.05, 0) is 71.2 Å². The van der Waals surface area contributed by atoms with E-state index in [4.69, 9.17) is 23.2 Å². The van der Waals surface area contributed by atoms with Crippen LogP contribution in [0.15, 0.2) is 60.2 Å². The van der Waals surface area contributed by atoms with Crippen molar-refractivity contribution in [3.63, 3.8) is 0 Å². The van der Waals surface area contributed by atoms with Crippen molar-refractivity contribution in [3.8, 4) is 0 Å². The third-order valence-corrected chi connectivity index (χ3v) is 7.47. The van der Waals surface area contributed by atoms with E-state index >= 15 is 8.78 Å². The molecule has 0 atom stereocenters. The van der Waals surface area contributed by atoms with Gasteiger partial charge in [-0.2, -0.15) is 0 Å². The van der Waals surface area contributed by atoms with Crippen molar-refractivity contribution in [1.29, 1.82) is 0 Å². The highest BCUT2D eigenvalue weighted by Gasteiger charge is 2.26. The second kappa shape index (κ2) is 10.8. The number of alkyl halides is 1. The smallest absolute Gasteiger partial charge is 0.167 e. The molecular weight excluding hydrogens is 502 g/mol. The van der Waals surface area contributed by atoms with Gasteiger partial charge in [0.2, 0.25) is 0 Å². The Hall–Kier alpha value is -2.53. The van der Waals surface area contributed by atoms with Crippen molar-refractivity contribution in [2.24, 2.45) is 0 Å². The number of benzene rings is 3. The van der Waals surface area contributed by atoms with E-state index in [9.17, 15) is 4.39 Å². The Morgan fingerprint density at radius 2 is 1.64 bits per heavy atom. The molecule has 6 heteroatoms. The van der Waals surface area contributed by atoms with Gasteiger partial charge in [0.25, 0.3) is 0 Å². The summed E-state index contributed by atoms with van der Waals surface area (Å²) in [5.41, 5.74) is 5.78. The molecule has 1 fully saturated rings. The molecule has 0 spiro atoms. The first-order chi connectivity index (χ1) is 17.5. The molecule has 2 aliphatic rings. The molecule has 3 aromatic rings. The van der Waals surface area contributed by atoms with Crippen LogP contribution in [-0.4, -0.2) is 31.2 Å². The van der Waals surface area contributed by atoms with E-state index in [0.29, 0.717) is 48.1 Å². The summed E-state index contributed by atoms with van der Waals surface area (Å²) in [4.78, 5) is 2.09. The van der Waals surface area contributed by atoms with Crippen molar-refractivity contribution >= 4 is 40.4 Å². The van der Waals surface area contributed by atoms with E-state index < -0.39 is 11.6 Å². The van der Waals surface area contributed by atoms with Gasteiger partial charge in [0, 0.05) is 40.8 Å². The molecule has 0 aromatic heterocycles. The molecule has 1 heterocycles. The fourth-order valence-corrected chi connectivity index (χ4v) is 5.71. The van der Waals surface area contributed by atoms with Crippen molar-refractivity contribution in [1.82, 2.24) is 4.90 Å². The van der Waals surface area contributed by atoms with Gasteiger partial charge in [0.05, 0.1) is 6.67 Å². The molecule has 1 nitrogen and oxygen atoms in total. The Morgan fingerprint density at radius 3 is 2.42 bits per heavy atom. The third-order valence-electron chi connectivity index (χ3n) is 6.92. The molecule has 0 amide bonds. The van der Waals surface area contributed by atoms with Crippen LogP contribution in [0.2, 0.25) is 10.0 Å². The highest BCUT2D eigenvalue weighted by atomic mass is 35.5. The number of allylic oxidation sites excluding steroid dienone is 1. The minimum Gasteiger partial charge on any atom is -0.295 e. The van der Waals surface area contributed by atoms with E-state index in [1.165, 1.54) is 0 Å². The van der Waals surface area contributed by atoms with Crippen LogP contribution in [0.25, 0.3) is 17.2 Å². The number of aryl methyl sites for hydroxylation is 1. The first-order valence-electron chi connectivity index (χ1n) is 12.2. The minimum absolute atomic E-state index is 0.225. The van der Waals surface area contributed by atoms with Gasteiger partial charge in [0.15, 0.2) is 11.6 Å². The Morgan fingerprint density at radius 1 is 0.861 bits per heavy atom. The maximum Gasteiger partial charge on any atom is 0.167 e. The topological polar surface area (TPSA) is 3.24 Å². The summed E-state index contributed by atoms with van der Waals surface area (Å²) in [6.45, 7) is 1.63. The van der Waals surface area contributed by atoms with E-state index in [-0.39, 0.29) is 17.8 Å². The largest absolute Gasteiger partial charge is 0.295 e. The van der Waals surface area contributed by atoms with Gasteiger partial charge in [-0.15, -0.1) is 0 Å². The van der Waals surface area contributed by atoms with Gasteiger partial charge < -0.3 is 0 Å². The molecule has 1 aliphatic carbocycles. The summed E-state index contributed by atoms with van der Waals surface area (Å²) >= 11 is 12.7. The van der Waals surface area contributed by atoms with E-state index in [2.05, 4.69) is 4.90 Å². The lowest BCUT2D eigenvalue weighted by atomic mass is 9.87. The number of rotatable bonds is 6. The van der Waals surface area contributed by atoms with Crippen molar-refractivity contribution in [3.05, 3.63) is 110 Å². The number of nitrogens with zero attached hydrogens (tertiary/aromatic N) is 1. The fourth-order valence-electron chi connectivity index (χ4n) is 5.19. The molecule has 36 heavy (non-hydrogen) atoms. The average Bonchev–Trinajstić information content (AvgIpc) is 3.03. The molecule has 0 N–H and O–H groups in total. The molecule has 1 saturated heterocycles. The average molecular weight is 528 g/mol. The Kier molecular flexibility index (Phi) is 7.57. The molecule has 0 saturated carbocycles. The van der Waals surface area contributed by atoms with E-state index in [0.717, 1.165) is 40.7 Å². The van der Waals surface area contributed by atoms with Crippen LogP contribution in [-0.2, 0) is 6.42 Å². The van der Waals surface area contributed by atoms with E-state index in [1.807, 2.05) is 30.3 Å². The highest BCUT2D eigenvalue weighted by Crippen LogP contribution is 2.43. The fraction of sp³-hybridized carbons (Fsp3) is 0.267. The van der Waals surface area contributed by atoms with Crippen molar-refractivity contribution in [2.45, 2.75) is 25.7 Å². The molecule has 186 valence electrons. The maximum absolute atomic E-state index is 15.8. The lowest BCUT2D eigenvalue weighted by molar-refractivity contribution is 0.239. The first kappa shape index (κ1) is 25.1. The van der Waals surface area contributed by atoms with Gasteiger partial charge in [-0.1, -0.05) is 71.7 Å². The molecule has 1 aliphatic heterocycles. The second-order valence-corrected chi connectivity index (χ2v) is 10.2. The lowest BCUT2D eigenvalue weighted by Crippen LogP contribution is -2.40. The maximum atomic E-state index is 15.8. The van der Waals surface area contributed by atoms with Gasteiger partial charge >= 0.3 is 0 Å². The highest BCUT2D eigenvalue weighted by molar-refractivity contribution is 6.36. The van der Waals surface area contributed by atoms with Crippen LogP contribution in [0.4, 0.5) is 13.2 Å². The summed E-state index contributed by atoms with van der Waals surface area (Å²) < 4.78 is 43.6. The SMILES string of the molecule is FCCCN1CC(=Cc2ccc(C3=C(c4ccc(Cl)cc4Cl)CCCc4ccccc43)c(F)c2F)C1. The van der Waals surface area contributed by atoms with Gasteiger partial charge in [0.1, 0.15) is 0 Å². The predicted octanol–water partition coefficient (Wildman–Crippen LogP) is 8.63. The Balaban J connectivity index is 1.61. The molecule has 3 aromatic carbocycles. The quantitative estimate of drug-likeness (QED) is 0.310. The number of hydrogen-bond donors (Lipinski definition) is 0. The van der Waals surface area contributed by atoms with Gasteiger partial charge in [-0.3, -0.25) is 9.29 Å². The number of likely N-dealkylation sites (tertiary alicyclic amines) is 1. The van der Waals surface area contributed by atoms with Crippen molar-refractivity contribution in [2.75, 3.05) is 26.3 Å². The van der Waals surface area contributed by atoms with Crippen LogP contribution in [0.1, 0.15) is 47.1 Å². The zero-order chi connectivity index (χ0) is 25.2. The monoisotopic (exact) mass is 527 g/mol. The summed E-state index contributed by atoms with van der Waals surface area (Å²) in [5.74, 6) is -1.73. The minimum atomic E-state index is -0.868. The van der Waals surface area contributed by atoms with Crippen LogP contribution >= 0.6 is 23.2 Å². The number of fused-ring (bicyclic) bond motifs is 1. The summed E-state index contributed by atoms with van der Waals surface area (Å²) in [5, 5.41) is 1.01. The van der Waals surface area contributed by atoms with Crippen LogP contribution in [0.5, 0.6) is 0 Å². The third kappa shape index (κ3) is 5.00. The van der Waals surface area contributed by atoms with Crippen molar-refractivity contribution < 1.29 is 13.2 Å². The molecule has 0 bridgehead atoms. The second-order valence-electron chi connectivity index (χ2n) is 9.37. The number of halogens is 5. The zero-order valence-electron chi connectivity index (χ0n) is 19.8.